The van der Waals surface area contributed by atoms with Crippen LogP contribution in [0.15, 0.2) is 18.2 Å². The number of aliphatic hydroxyl groups is 1. The molecule has 1 fully saturated rings. The first-order chi connectivity index (χ1) is 9.93. The normalized spacial score (nSPS) is 32.5. The first kappa shape index (κ1) is 14.2. The summed E-state index contributed by atoms with van der Waals surface area (Å²) in [5.41, 5.74) is 5.17. The topological polar surface area (TPSA) is 117 Å². The molecule has 1 aromatic carbocycles. The summed E-state index contributed by atoms with van der Waals surface area (Å²) in [6, 6.07) is 3.30. The summed E-state index contributed by atoms with van der Waals surface area (Å²) >= 11 is 0. The highest BCUT2D eigenvalue weighted by Gasteiger charge is 2.53. The van der Waals surface area contributed by atoms with Gasteiger partial charge in [0.25, 0.3) is 5.69 Å². The third-order valence-electron chi connectivity index (χ3n) is 3.91. The summed E-state index contributed by atoms with van der Waals surface area (Å²) in [4.78, 5) is 10.3. The van der Waals surface area contributed by atoms with Crippen molar-refractivity contribution in [3.63, 3.8) is 0 Å². The van der Waals surface area contributed by atoms with Crippen molar-refractivity contribution in [2.45, 2.75) is 31.0 Å². The van der Waals surface area contributed by atoms with E-state index in [4.69, 9.17) is 19.9 Å². The number of fused-ring (bicyclic) bond motifs is 1. The maximum absolute atomic E-state index is 10.8. The zero-order valence-electron chi connectivity index (χ0n) is 11.4. The van der Waals surface area contributed by atoms with Crippen LogP contribution >= 0.6 is 0 Å². The van der Waals surface area contributed by atoms with Crippen LogP contribution in [0, 0.1) is 10.1 Å². The summed E-state index contributed by atoms with van der Waals surface area (Å²) < 4.78 is 16.7. The largest absolute Gasteiger partial charge is 0.479 e. The minimum Gasteiger partial charge on any atom is -0.479 e. The maximum Gasteiger partial charge on any atom is 0.270 e. The lowest BCUT2D eigenvalue weighted by molar-refractivity contribution is -0.385. The molecule has 0 aromatic heterocycles. The molecule has 1 saturated heterocycles. The molecule has 8 heteroatoms. The molecule has 3 N–H and O–H groups in total. The lowest BCUT2D eigenvalue weighted by Gasteiger charge is -2.44. The molecule has 21 heavy (non-hydrogen) atoms. The van der Waals surface area contributed by atoms with Crippen molar-refractivity contribution >= 4 is 5.69 Å². The molecule has 0 spiro atoms. The summed E-state index contributed by atoms with van der Waals surface area (Å²) in [6.07, 6.45) is -1.85. The quantitative estimate of drug-likeness (QED) is 0.602. The van der Waals surface area contributed by atoms with E-state index >= 15 is 0 Å². The van der Waals surface area contributed by atoms with Gasteiger partial charge in [-0.3, -0.25) is 10.1 Å². The number of rotatable bonds is 2. The van der Waals surface area contributed by atoms with Crippen LogP contribution in [0.4, 0.5) is 5.69 Å². The zero-order valence-corrected chi connectivity index (χ0v) is 11.4. The number of nitro groups is 1. The second-order valence-corrected chi connectivity index (χ2v) is 5.31. The van der Waals surface area contributed by atoms with E-state index in [9.17, 15) is 15.2 Å². The van der Waals surface area contributed by atoms with Gasteiger partial charge in [0.05, 0.1) is 24.2 Å². The molecule has 0 radical (unpaired) electrons. The van der Waals surface area contributed by atoms with E-state index in [1.54, 1.807) is 6.92 Å². The van der Waals surface area contributed by atoms with Crippen LogP contribution < -0.4 is 10.5 Å². The highest BCUT2D eigenvalue weighted by molar-refractivity contribution is 5.48. The van der Waals surface area contributed by atoms with Gasteiger partial charge in [-0.15, -0.1) is 0 Å². The van der Waals surface area contributed by atoms with Crippen molar-refractivity contribution in [2.75, 3.05) is 13.2 Å². The Kier molecular flexibility index (Phi) is 3.33. The van der Waals surface area contributed by atoms with Crippen molar-refractivity contribution in [3.8, 4) is 5.75 Å². The number of benzene rings is 1. The molecule has 2 aliphatic rings. The van der Waals surface area contributed by atoms with Crippen LogP contribution in [0.5, 0.6) is 5.75 Å². The highest BCUT2D eigenvalue weighted by Crippen LogP contribution is 2.43. The van der Waals surface area contributed by atoms with Crippen molar-refractivity contribution in [1.82, 2.24) is 0 Å². The van der Waals surface area contributed by atoms with Crippen molar-refractivity contribution in [1.29, 1.82) is 0 Å². The molecule has 0 saturated carbocycles. The van der Waals surface area contributed by atoms with Crippen molar-refractivity contribution < 1.29 is 24.2 Å². The number of hydrogen-bond donors (Lipinski definition) is 2. The summed E-state index contributed by atoms with van der Waals surface area (Å²) in [6.45, 7) is 2.48. The van der Waals surface area contributed by atoms with E-state index < -0.39 is 29.0 Å². The molecule has 3 rings (SSSR count). The molecule has 3 atom stereocenters. The SMILES string of the molecule is CC1(C2OCCO2)Oc2ccc([N+](=O)[O-])cc2C(N)C1O. The smallest absolute Gasteiger partial charge is 0.270 e. The number of nitrogens with two attached hydrogens (primary N) is 1. The van der Waals surface area contributed by atoms with Gasteiger partial charge in [-0.25, -0.2) is 0 Å². The lowest BCUT2D eigenvalue weighted by atomic mass is 9.85. The van der Waals surface area contributed by atoms with Crippen LogP contribution in [0.2, 0.25) is 0 Å². The number of nitrogens with zero attached hydrogens (tertiary/aromatic N) is 1. The van der Waals surface area contributed by atoms with E-state index in [-0.39, 0.29) is 5.69 Å². The van der Waals surface area contributed by atoms with E-state index in [0.29, 0.717) is 24.5 Å². The monoisotopic (exact) mass is 296 g/mol. The Morgan fingerprint density at radius 3 is 2.71 bits per heavy atom. The Balaban J connectivity index is 2.00. The van der Waals surface area contributed by atoms with Gasteiger partial charge in [-0.1, -0.05) is 0 Å². The second-order valence-electron chi connectivity index (χ2n) is 5.31. The Hall–Kier alpha value is -1.74. The van der Waals surface area contributed by atoms with E-state index in [0.717, 1.165) is 0 Å². The molecule has 3 unspecified atom stereocenters. The molecule has 2 heterocycles. The average Bonchev–Trinajstić information content (AvgIpc) is 2.99. The van der Waals surface area contributed by atoms with E-state index in [1.807, 2.05) is 0 Å². The van der Waals surface area contributed by atoms with Gasteiger partial charge in [-0.05, 0) is 13.0 Å². The molecule has 2 aliphatic heterocycles. The van der Waals surface area contributed by atoms with Crippen LogP contribution in [0.3, 0.4) is 0 Å². The van der Waals surface area contributed by atoms with Gasteiger partial charge in [0, 0.05) is 17.7 Å². The minimum absolute atomic E-state index is 0.100. The Morgan fingerprint density at radius 1 is 1.43 bits per heavy atom. The first-order valence-electron chi connectivity index (χ1n) is 6.57. The predicted molar refractivity (Wildman–Crippen MR) is 70.8 cm³/mol. The third kappa shape index (κ3) is 2.16. The van der Waals surface area contributed by atoms with Gasteiger partial charge in [-0.2, -0.15) is 0 Å². The number of non-ortho nitro benzene ring substituents is 1. The van der Waals surface area contributed by atoms with Gasteiger partial charge in [0.15, 0.2) is 11.9 Å². The van der Waals surface area contributed by atoms with Gasteiger partial charge in [0.2, 0.25) is 0 Å². The molecule has 8 nitrogen and oxygen atoms in total. The number of hydrogen-bond acceptors (Lipinski definition) is 7. The standard InChI is InChI=1S/C13H16N2O6/c1-13(12-19-4-5-20-12)11(16)10(14)8-6-7(15(17)18)2-3-9(8)21-13/h2-3,6,10-12,16H,4-5,14H2,1H3. The summed E-state index contributed by atoms with van der Waals surface area (Å²) in [5, 5.41) is 21.3. The van der Waals surface area contributed by atoms with Gasteiger partial charge in [0.1, 0.15) is 11.9 Å². The fourth-order valence-electron chi connectivity index (χ4n) is 2.70. The Morgan fingerprint density at radius 2 is 2.10 bits per heavy atom. The second kappa shape index (κ2) is 4.92. The first-order valence-corrected chi connectivity index (χ1v) is 6.57. The minimum atomic E-state index is -1.17. The molecule has 1 aromatic rings. The number of ether oxygens (including phenoxy) is 3. The fraction of sp³-hybridized carbons (Fsp3) is 0.538. The Bertz CT molecular complexity index is 574. The van der Waals surface area contributed by atoms with Gasteiger partial charge >= 0.3 is 0 Å². The van der Waals surface area contributed by atoms with E-state index in [2.05, 4.69) is 0 Å². The molecule has 0 amide bonds. The van der Waals surface area contributed by atoms with Crippen molar-refractivity contribution in [3.05, 3.63) is 33.9 Å². The maximum atomic E-state index is 10.8. The molecule has 114 valence electrons. The fourth-order valence-corrected chi connectivity index (χ4v) is 2.70. The molecule has 0 aliphatic carbocycles. The van der Waals surface area contributed by atoms with Crippen molar-refractivity contribution in [2.24, 2.45) is 5.73 Å². The predicted octanol–water partition coefficient (Wildman–Crippen LogP) is 0.479. The Labute approximate surface area is 120 Å². The number of aliphatic hydroxyl groups excluding tert-OH is 1. The van der Waals surface area contributed by atoms with Gasteiger partial charge < -0.3 is 25.1 Å². The highest BCUT2D eigenvalue weighted by atomic mass is 16.7. The molecular weight excluding hydrogens is 280 g/mol. The summed E-state index contributed by atoms with van der Waals surface area (Å²) in [5.74, 6) is 0.389. The average molecular weight is 296 g/mol. The lowest BCUT2D eigenvalue weighted by Crippen LogP contribution is -2.60. The summed E-state index contributed by atoms with van der Waals surface area (Å²) in [7, 11) is 0. The van der Waals surface area contributed by atoms with Crippen LogP contribution in [0.1, 0.15) is 18.5 Å². The number of nitro benzene ring substituents is 1. The molecule has 0 bridgehead atoms. The van der Waals surface area contributed by atoms with Crippen LogP contribution in [-0.4, -0.2) is 41.2 Å². The van der Waals surface area contributed by atoms with E-state index in [1.165, 1.54) is 18.2 Å². The zero-order chi connectivity index (χ0) is 15.2. The molecular formula is C13H16N2O6. The van der Waals surface area contributed by atoms with Crippen LogP contribution in [0.25, 0.3) is 0 Å². The van der Waals surface area contributed by atoms with Crippen LogP contribution in [-0.2, 0) is 9.47 Å². The third-order valence-corrected chi connectivity index (χ3v) is 3.91.